The minimum Gasteiger partial charge on any atom is -0.387 e. The molecule has 0 aliphatic heterocycles. The van der Waals surface area contributed by atoms with E-state index in [2.05, 4.69) is 6.92 Å². The van der Waals surface area contributed by atoms with Crippen LogP contribution in [0.2, 0.25) is 0 Å². The average Bonchev–Trinajstić information content (AvgIpc) is 2.26. The molecule has 3 nitrogen and oxygen atoms in total. The van der Waals surface area contributed by atoms with Crippen molar-refractivity contribution in [2.45, 2.75) is 58.3 Å². The highest BCUT2D eigenvalue weighted by Crippen LogP contribution is 2.33. The molecule has 1 rings (SSSR count). The van der Waals surface area contributed by atoms with Crippen LogP contribution >= 0.6 is 0 Å². The van der Waals surface area contributed by atoms with Gasteiger partial charge in [-0.1, -0.05) is 39.0 Å². The van der Waals surface area contributed by atoms with E-state index in [-0.39, 0.29) is 5.84 Å². The highest BCUT2D eigenvalue weighted by atomic mass is 14.7. The fraction of sp³-hybridized carbons (Fsp3) is 0.846. The van der Waals surface area contributed by atoms with Gasteiger partial charge in [0.15, 0.2) is 0 Å². The van der Waals surface area contributed by atoms with Gasteiger partial charge in [-0.3, -0.25) is 5.41 Å². The van der Waals surface area contributed by atoms with E-state index in [1.807, 2.05) is 0 Å². The molecule has 92 valence electrons. The van der Waals surface area contributed by atoms with Crippen molar-refractivity contribution in [2.75, 3.05) is 0 Å². The van der Waals surface area contributed by atoms with Crippen molar-refractivity contribution in [2.24, 2.45) is 17.6 Å². The van der Waals surface area contributed by atoms with E-state index >= 15 is 0 Å². The van der Waals surface area contributed by atoms with Crippen LogP contribution in [-0.2, 0) is 0 Å². The van der Waals surface area contributed by atoms with Crippen molar-refractivity contribution in [3.8, 4) is 0 Å². The Kier molecular flexibility index (Phi) is 5.50. The second-order valence-corrected chi connectivity index (χ2v) is 5.14. The topological polar surface area (TPSA) is 73.7 Å². The molecule has 0 saturated heterocycles. The quantitative estimate of drug-likeness (QED) is 0.469. The maximum atomic E-state index is 7.69. The molecule has 16 heavy (non-hydrogen) atoms. The van der Waals surface area contributed by atoms with E-state index in [0.29, 0.717) is 12.1 Å². The third-order valence-corrected chi connectivity index (χ3v) is 3.80. The largest absolute Gasteiger partial charge is 0.387 e. The molecule has 0 heterocycles. The van der Waals surface area contributed by atoms with Gasteiger partial charge < -0.3 is 11.1 Å². The first-order valence-corrected chi connectivity index (χ1v) is 6.51. The van der Waals surface area contributed by atoms with Crippen LogP contribution in [0.15, 0.2) is 0 Å². The van der Waals surface area contributed by atoms with Crippen LogP contribution in [0.1, 0.15) is 58.3 Å². The summed E-state index contributed by atoms with van der Waals surface area (Å²) in [5.74, 6) is 1.89. The standard InChI is InChI=1S/C13H25N3/c1-2-10-3-5-11(6-4-10)7-8-12(14)9-13(15)16/h10-11,14H,2-9H2,1H3,(H3,15,16). The second kappa shape index (κ2) is 6.66. The van der Waals surface area contributed by atoms with Gasteiger partial charge in [0.05, 0.1) is 5.84 Å². The van der Waals surface area contributed by atoms with Crippen LogP contribution in [0.3, 0.4) is 0 Å². The maximum Gasteiger partial charge on any atom is 0.0962 e. The van der Waals surface area contributed by atoms with Gasteiger partial charge in [-0.2, -0.15) is 0 Å². The van der Waals surface area contributed by atoms with E-state index in [1.165, 1.54) is 32.1 Å². The zero-order valence-electron chi connectivity index (χ0n) is 10.4. The minimum absolute atomic E-state index is 0.125. The molecule has 1 saturated carbocycles. The van der Waals surface area contributed by atoms with Crippen LogP contribution in [-0.4, -0.2) is 11.5 Å². The first-order valence-electron chi connectivity index (χ1n) is 6.51. The van der Waals surface area contributed by atoms with Gasteiger partial charge >= 0.3 is 0 Å². The zero-order valence-corrected chi connectivity index (χ0v) is 10.4. The Balaban J connectivity index is 2.14. The number of amidine groups is 1. The van der Waals surface area contributed by atoms with Gasteiger partial charge in [-0.05, 0) is 24.7 Å². The van der Waals surface area contributed by atoms with Crippen molar-refractivity contribution in [1.82, 2.24) is 0 Å². The summed E-state index contributed by atoms with van der Waals surface area (Å²) in [6.07, 6.45) is 9.08. The molecule has 0 unspecified atom stereocenters. The molecular formula is C13H25N3. The molecule has 0 amide bonds. The van der Waals surface area contributed by atoms with Crippen molar-refractivity contribution in [3.05, 3.63) is 0 Å². The van der Waals surface area contributed by atoms with E-state index in [9.17, 15) is 0 Å². The van der Waals surface area contributed by atoms with Crippen molar-refractivity contribution in [1.29, 1.82) is 10.8 Å². The summed E-state index contributed by atoms with van der Waals surface area (Å²) in [7, 11) is 0. The number of rotatable bonds is 6. The second-order valence-electron chi connectivity index (χ2n) is 5.14. The maximum absolute atomic E-state index is 7.69. The highest BCUT2D eigenvalue weighted by Gasteiger charge is 2.19. The van der Waals surface area contributed by atoms with E-state index < -0.39 is 0 Å². The van der Waals surface area contributed by atoms with Gasteiger partial charge in [-0.25, -0.2) is 0 Å². The molecule has 0 aromatic heterocycles. The van der Waals surface area contributed by atoms with Crippen LogP contribution in [0.4, 0.5) is 0 Å². The number of hydrogen-bond acceptors (Lipinski definition) is 2. The Morgan fingerprint density at radius 2 is 1.69 bits per heavy atom. The van der Waals surface area contributed by atoms with Gasteiger partial charge in [0.1, 0.15) is 0 Å². The summed E-state index contributed by atoms with van der Waals surface area (Å²) in [5, 5.41) is 14.8. The monoisotopic (exact) mass is 223 g/mol. The molecule has 0 aromatic carbocycles. The van der Waals surface area contributed by atoms with Crippen molar-refractivity contribution in [3.63, 3.8) is 0 Å². The van der Waals surface area contributed by atoms with Crippen LogP contribution < -0.4 is 5.73 Å². The Labute approximate surface area is 98.8 Å². The smallest absolute Gasteiger partial charge is 0.0962 e. The summed E-state index contributed by atoms with van der Waals surface area (Å²) in [4.78, 5) is 0. The molecule has 3 heteroatoms. The fourth-order valence-corrected chi connectivity index (χ4v) is 2.63. The fourth-order valence-electron chi connectivity index (χ4n) is 2.63. The minimum atomic E-state index is 0.125. The van der Waals surface area contributed by atoms with Crippen molar-refractivity contribution < 1.29 is 0 Å². The van der Waals surface area contributed by atoms with Gasteiger partial charge in [0.25, 0.3) is 0 Å². The highest BCUT2D eigenvalue weighted by molar-refractivity contribution is 5.99. The lowest BCUT2D eigenvalue weighted by Crippen LogP contribution is -2.17. The van der Waals surface area contributed by atoms with Gasteiger partial charge in [0.2, 0.25) is 0 Å². The van der Waals surface area contributed by atoms with E-state index in [4.69, 9.17) is 16.6 Å². The molecule has 1 aliphatic rings. The lowest BCUT2D eigenvalue weighted by atomic mass is 9.79. The SMILES string of the molecule is CCC1CCC(CCC(=N)CC(=N)N)CC1. The predicted molar refractivity (Wildman–Crippen MR) is 69.2 cm³/mol. The molecule has 4 N–H and O–H groups in total. The summed E-state index contributed by atoms with van der Waals surface area (Å²) in [6, 6.07) is 0. The Bertz CT molecular complexity index is 240. The molecule has 0 spiro atoms. The Morgan fingerprint density at radius 1 is 1.12 bits per heavy atom. The lowest BCUT2D eigenvalue weighted by molar-refractivity contribution is 0.261. The molecule has 1 aliphatic carbocycles. The van der Waals surface area contributed by atoms with Crippen LogP contribution in [0.5, 0.6) is 0 Å². The molecule has 0 bridgehead atoms. The molecule has 1 fully saturated rings. The van der Waals surface area contributed by atoms with Gasteiger partial charge in [-0.15, -0.1) is 0 Å². The average molecular weight is 223 g/mol. The van der Waals surface area contributed by atoms with Crippen molar-refractivity contribution >= 4 is 11.5 Å². The normalized spacial score (nSPS) is 25.3. The molecule has 0 radical (unpaired) electrons. The van der Waals surface area contributed by atoms with Crippen LogP contribution in [0.25, 0.3) is 0 Å². The molecular weight excluding hydrogens is 198 g/mol. The van der Waals surface area contributed by atoms with E-state index in [1.54, 1.807) is 0 Å². The number of nitrogens with one attached hydrogen (secondary N) is 2. The first kappa shape index (κ1) is 13.2. The summed E-state index contributed by atoms with van der Waals surface area (Å²) in [5.41, 5.74) is 5.91. The number of nitrogens with two attached hydrogens (primary N) is 1. The number of hydrogen-bond donors (Lipinski definition) is 3. The van der Waals surface area contributed by atoms with Crippen LogP contribution in [0, 0.1) is 22.7 Å². The first-order chi connectivity index (χ1) is 7.61. The van der Waals surface area contributed by atoms with Gasteiger partial charge in [0, 0.05) is 12.1 Å². The summed E-state index contributed by atoms with van der Waals surface area (Å²) in [6.45, 7) is 2.29. The summed E-state index contributed by atoms with van der Waals surface area (Å²) >= 11 is 0. The lowest BCUT2D eigenvalue weighted by Gasteiger charge is -2.27. The predicted octanol–water partition coefficient (Wildman–Crippen LogP) is 3.33. The Hall–Kier alpha value is -0.860. The third kappa shape index (κ3) is 4.77. The zero-order chi connectivity index (χ0) is 12.0. The molecule has 0 atom stereocenters. The summed E-state index contributed by atoms with van der Waals surface area (Å²) < 4.78 is 0. The molecule has 0 aromatic rings. The van der Waals surface area contributed by atoms with E-state index in [0.717, 1.165) is 24.7 Å². The Morgan fingerprint density at radius 3 is 2.19 bits per heavy atom. The third-order valence-electron chi connectivity index (χ3n) is 3.80.